The first-order chi connectivity index (χ1) is 8.10. The van der Waals surface area contributed by atoms with Crippen LogP contribution in [0.2, 0.25) is 0 Å². The van der Waals surface area contributed by atoms with Gasteiger partial charge in [-0.25, -0.2) is 4.68 Å². The first-order valence-corrected chi connectivity index (χ1v) is 5.67. The fourth-order valence-corrected chi connectivity index (χ4v) is 1.60. The molecule has 0 aromatic carbocycles. The minimum Gasteiger partial charge on any atom is -0.409 e. The molecule has 96 valence electrons. The summed E-state index contributed by atoms with van der Waals surface area (Å²) in [6.45, 7) is 4.92. The topological polar surface area (TPSA) is 92.6 Å². The molecule has 1 unspecified atom stereocenters. The Balaban J connectivity index is 2.73. The number of nitrogens with zero attached hydrogens (tertiary/aromatic N) is 5. The number of nitrogens with two attached hydrogens (primary N) is 1. The van der Waals surface area contributed by atoms with Crippen LogP contribution in [0.5, 0.6) is 0 Å². The lowest BCUT2D eigenvalue weighted by Crippen LogP contribution is -2.34. The van der Waals surface area contributed by atoms with Crippen LogP contribution in [0, 0.1) is 0 Å². The quantitative estimate of drug-likeness (QED) is 0.329. The third-order valence-corrected chi connectivity index (χ3v) is 2.69. The van der Waals surface area contributed by atoms with Crippen molar-refractivity contribution >= 4 is 11.7 Å². The van der Waals surface area contributed by atoms with Gasteiger partial charge in [-0.2, -0.15) is 0 Å². The Morgan fingerprint density at radius 1 is 1.71 bits per heavy atom. The fourth-order valence-electron chi connectivity index (χ4n) is 1.60. The normalized spacial score (nSPS) is 13.7. The van der Waals surface area contributed by atoms with Gasteiger partial charge in [0.25, 0.3) is 0 Å². The fraction of sp³-hybridized carbons (Fsp3) is 0.700. The molecule has 7 heteroatoms. The van der Waals surface area contributed by atoms with Crippen LogP contribution in [0.25, 0.3) is 0 Å². The maximum Gasteiger partial charge on any atom is 0.147 e. The summed E-state index contributed by atoms with van der Waals surface area (Å²) in [6, 6.07) is 0.111. The molecular weight excluding hydrogens is 220 g/mol. The molecule has 0 radical (unpaired) electrons. The molecular formula is C10H20N6O. The second kappa shape index (κ2) is 6.07. The Bertz CT molecular complexity index is 375. The zero-order chi connectivity index (χ0) is 12.8. The van der Waals surface area contributed by atoms with Crippen LogP contribution >= 0.6 is 0 Å². The lowest BCUT2D eigenvalue weighted by Gasteiger charge is -2.26. The molecule has 0 aliphatic rings. The molecule has 1 atom stereocenters. The van der Waals surface area contributed by atoms with Gasteiger partial charge in [0.15, 0.2) is 0 Å². The first kappa shape index (κ1) is 13.3. The molecule has 0 saturated carbocycles. The smallest absolute Gasteiger partial charge is 0.147 e. The third kappa shape index (κ3) is 3.33. The van der Waals surface area contributed by atoms with Gasteiger partial charge in [0.1, 0.15) is 11.7 Å². The van der Waals surface area contributed by atoms with E-state index in [2.05, 4.69) is 22.4 Å². The van der Waals surface area contributed by atoms with Crippen molar-refractivity contribution in [2.75, 3.05) is 11.9 Å². The highest BCUT2D eigenvalue weighted by molar-refractivity contribution is 5.80. The predicted molar refractivity (Wildman–Crippen MR) is 66.2 cm³/mol. The van der Waals surface area contributed by atoms with Gasteiger partial charge in [0.05, 0.1) is 6.20 Å². The standard InChI is InChI=1S/C10H20N6O/c1-4-5-16-10(7-12-14-16)15(3)8(2)6-9(11)13-17/h7-8,17H,4-6H2,1-3H3,(H2,11,13). The van der Waals surface area contributed by atoms with Crippen molar-refractivity contribution in [1.29, 1.82) is 0 Å². The van der Waals surface area contributed by atoms with Crippen molar-refractivity contribution in [3.63, 3.8) is 0 Å². The lowest BCUT2D eigenvalue weighted by atomic mass is 10.2. The van der Waals surface area contributed by atoms with Crippen LogP contribution in [0.1, 0.15) is 26.7 Å². The van der Waals surface area contributed by atoms with E-state index < -0.39 is 0 Å². The van der Waals surface area contributed by atoms with E-state index in [0.29, 0.717) is 6.42 Å². The highest BCUT2D eigenvalue weighted by Gasteiger charge is 2.16. The van der Waals surface area contributed by atoms with Gasteiger partial charge >= 0.3 is 0 Å². The molecule has 7 nitrogen and oxygen atoms in total. The molecule has 1 aromatic rings. The SMILES string of the molecule is CCCn1nncc1N(C)C(C)C/C(N)=N/O. The monoisotopic (exact) mass is 240 g/mol. The van der Waals surface area contributed by atoms with Crippen molar-refractivity contribution < 1.29 is 5.21 Å². The number of hydrogen-bond donors (Lipinski definition) is 2. The van der Waals surface area contributed by atoms with Gasteiger partial charge < -0.3 is 15.8 Å². The number of amidine groups is 1. The molecule has 1 heterocycles. The molecule has 0 aliphatic heterocycles. The minimum atomic E-state index is 0.111. The van der Waals surface area contributed by atoms with Crippen LogP contribution in [-0.4, -0.2) is 39.1 Å². The molecule has 0 amide bonds. The number of aromatic nitrogens is 3. The molecule has 1 aromatic heterocycles. The summed E-state index contributed by atoms with van der Waals surface area (Å²) in [5, 5.41) is 19.5. The van der Waals surface area contributed by atoms with Gasteiger partial charge in [-0.3, -0.25) is 0 Å². The minimum absolute atomic E-state index is 0.111. The van der Waals surface area contributed by atoms with E-state index in [1.165, 1.54) is 0 Å². The summed E-state index contributed by atoms with van der Waals surface area (Å²) < 4.78 is 1.85. The summed E-state index contributed by atoms with van der Waals surface area (Å²) in [7, 11) is 1.94. The maximum atomic E-state index is 8.55. The average molecular weight is 240 g/mol. The van der Waals surface area contributed by atoms with Gasteiger partial charge in [-0.05, 0) is 13.3 Å². The Kier molecular flexibility index (Phi) is 4.74. The molecule has 0 fully saturated rings. The number of rotatable bonds is 6. The zero-order valence-electron chi connectivity index (χ0n) is 10.5. The number of aryl methyl sites for hydroxylation is 1. The van der Waals surface area contributed by atoms with Gasteiger partial charge in [0, 0.05) is 26.1 Å². The van der Waals surface area contributed by atoms with E-state index >= 15 is 0 Å². The first-order valence-electron chi connectivity index (χ1n) is 5.67. The number of hydrogen-bond acceptors (Lipinski definition) is 5. The maximum absolute atomic E-state index is 8.55. The zero-order valence-corrected chi connectivity index (χ0v) is 10.5. The molecule has 0 aliphatic carbocycles. The van der Waals surface area contributed by atoms with E-state index in [4.69, 9.17) is 10.9 Å². The third-order valence-electron chi connectivity index (χ3n) is 2.69. The van der Waals surface area contributed by atoms with Crippen molar-refractivity contribution in [3.8, 4) is 0 Å². The summed E-state index contributed by atoms with van der Waals surface area (Å²) in [4.78, 5) is 2.02. The Morgan fingerprint density at radius 3 is 3.00 bits per heavy atom. The molecule has 0 bridgehead atoms. The number of anilines is 1. The van der Waals surface area contributed by atoms with Crippen LogP contribution < -0.4 is 10.6 Å². The average Bonchev–Trinajstić information content (AvgIpc) is 2.76. The number of oxime groups is 1. The van der Waals surface area contributed by atoms with Crippen LogP contribution in [0.15, 0.2) is 11.4 Å². The summed E-state index contributed by atoms with van der Waals surface area (Å²) >= 11 is 0. The Labute approximate surface area is 101 Å². The molecule has 0 saturated heterocycles. The molecule has 0 spiro atoms. The van der Waals surface area contributed by atoms with Crippen LogP contribution in [-0.2, 0) is 6.54 Å². The van der Waals surface area contributed by atoms with Crippen molar-refractivity contribution in [2.24, 2.45) is 10.9 Å². The summed E-state index contributed by atoms with van der Waals surface area (Å²) in [5.74, 6) is 1.16. The van der Waals surface area contributed by atoms with E-state index in [1.807, 2.05) is 23.6 Å². The van der Waals surface area contributed by atoms with Crippen LogP contribution in [0.4, 0.5) is 5.82 Å². The van der Waals surface area contributed by atoms with Crippen LogP contribution in [0.3, 0.4) is 0 Å². The van der Waals surface area contributed by atoms with Crippen molar-refractivity contribution in [2.45, 2.75) is 39.3 Å². The molecule has 3 N–H and O–H groups in total. The van der Waals surface area contributed by atoms with Gasteiger partial charge in [0.2, 0.25) is 0 Å². The van der Waals surface area contributed by atoms with E-state index in [0.717, 1.165) is 18.8 Å². The van der Waals surface area contributed by atoms with E-state index in [-0.39, 0.29) is 11.9 Å². The molecule has 1 rings (SSSR count). The highest BCUT2D eigenvalue weighted by Crippen LogP contribution is 2.15. The summed E-state index contributed by atoms with van der Waals surface area (Å²) in [5.41, 5.74) is 5.50. The molecule has 17 heavy (non-hydrogen) atoms. The van der Waals surface area contributed by atoms with E-state index in [9.17, 15) is 0 Å². The highest BCUT2D eigenvalue weighted by atomic mass is 16.4. The van der Waals surface area contributed by atoms with Gasteiger partial charge in [-0.1, -0.05) is 17.3 Å². The predicted octanol–water partition coefficient (Wildman–Crippen LogP) is 0.649. The summed E-state index contributed by atoms with van der Waals surface area (Å²) in [6.07, 6.45) is 3.21. The Morgan fingerprint density at radius 2 is 2.41 bits per heavy atom. The largest absolute Gasteiger partial charge is 0.409 e. The lowest BCUT2D eigenvalue weighted by molar-refractivity contribution is 0.316. The van der Waals surface area contributed by atoms with Crippen molar-refractivity contribution in [1.82, 2.24) is 15.0 Å². The van der Waals surface area contributed by atoms with Gasteiger partial charge in [-0.15, -0.1) is 5.10 Å². The Hall–Kier alpha value is -1.79. The van der Waals surface area contributed by atoms with Crippen molar-refractivity contribution in [3.05, 3.63) is 6.20 Å². The second-order valence-corrected chi connectivity index (χ2v) is 4.07. The second-order valence-electron chi connectivity index (χ2n) is 4.07. The van der Waals surface area contributed by atoms with E-state index in [1.54, 1.807) is 6.20 Å².